The molecule has 4 heteroatoms. The maximum absolute atomic E-state index is 6.23. The predicted molar refractivity (Wildman–Crippen MR) is 90.6 cm³/mol. The molecule has 0 aliphatic rings. The zero-order chi connectivity index (χ0) is 13.8. The first-order valence-electron chi connectivity index (χ1n) is 6.43. The Morgan fingerprint density at radius 3 is 2.10 bits per heavy atom. The van der Waals surface area contributed by atoms with Crippen LogP contribution in [-0.2, 0) is 0 Å². The van der Waals surface area contributed by atoms with Gasteiger partial charge in [-0.2, -0.15) is 11.3 Å². The molecule has 0 saturated heterocycles. The summed E-state index contributed by atoms with van der Waals surface area (Å²) in [5, 5.41) is 4.13. The molecule has 3 aromatic rings. The van der Waals surface area contributed by atoms with E-state index in [0.717, 1.165) is 22.6 Å². The molecule has 2 nitrogen and oxygen atoms in total. The first kappa shape index (κ1) is 15.6. The SMILES string of the molecule is Cl.N[C@@H](c1ccc(Oc2ccccc2)cc1)c1ccsc1. The van der Waals surface area contributed by atoms with E-state index in [4.69, 9.17) is 10.5 Å². The maximum Gasteiger partial charge on any atom is 0.127 e. The molecule has 0 spiro atoms. The Labute approximate surface area is 134 Å². The van der Waals surface area contributed by atoms with E-state index >= 15 is 0 Å². The van der Waals surface area contributed by atoms with Gasteiger partial charge in [0.25, 0.3) is 0 Å². The second-order valence-corrected chi connectivity index (χ2v) is 5.30. The third kappa shape index (κ3) is 3.85. The molecule has 0 unspecified atom stereocenters. The highest BCUT2D eigenvalue weighted by Gasteiger charge is 2.09. The van der Waals surface area contributed by atoms with Crippen LogP contribution in [0, 0.1) is 0 Å². The van der Waals surface area contributed by atoms with Gasteiger partial charge in [0.1, 0.15) is 11.5 Å². The van der Waals surface area contributed by atoms with Gasteiger partial charge >= 0.3 is 0 Å². The lowest BCUT2D eigenvalue weighted by Crippen LogP contribution is -2.10. The summed E-state index contributed by atoms with van der Waals surface area (Å²) in [6.07, 6.45) is 0. The van der Waals surface area contributed by atoms with E-state index in [9.17, 15) is 0 Å². The van der Waals surface area contributed by atoms with Crippen molar-refractivity contribution in [3.8, 4) is 11.5 Å². The summed E-state index contributed by atoms with van der Waals surface area (Å²) in [4.78, 5) is 0. The summed E-state index contributed by atoms with van der Waals surface area (Å²) < 4.78 is 5.77. The van der Waals surface area contributed by atoms with Crippen molar-refractivity contribution in [1.82, 2.24) is 0 Å². The standard InChI is InChI=1S/C17H15NOS.ClH/c18-17(14-10-11-20-12-14)13-6-8-16(9-7-13)19-15-4-2-1-3-5-15;/h1-12,17H,18H2;1H/t17-;/m0./s1. The number of hydrogen-bond donors (Lipinski definition) is 1. The summed E-state index contributed by atoms with van der Waals surface area (Å²) in [6.45, 7) is 0. The third-order valence-electron chi connectivity index (χ3n) is 3.12. The van der Waals surface area contributed by atoms with Crippen molar-refractivity contribution in [1.29, 1.82) is 0 Å². The number of nitrogens with two attached hydrogens (primary N) is 1. The van der Waals surface area contributed by atoms with Crippen LogP contribution in [0.15, 0.2) is 71.4 Å². The first-order valence-corrected chi connectivity index (χ1v) is 7.38. The van der Waals surface area contributed by atoms with Gasteiger partial charge in [-0.1, -0.05) is 30.3 Å². The van der Waals surface area contributed by atoms with Crippen molar-refractivity contribution in [3.05, 3.63) is 82.6 Å². The van der Waals surface area contributed by atoms with Gasteiger partial charge in [-0.15, -0.1) is 12.4 Å². The van der Waals surface area contributed by atoms with Gasteiger partial charge < -0.3 is 10.5 Å². The van der Waals surface area contributed by atoms with Gasteiger partial charge in [-0.3, -0.25) is 0 Å². The topological polar surface area (TPSA) is 35.2 Å². The van der Waals surface area contributed by atoms with Crippen LogP contribution >= 0.6 is 23.7 Å². The average Bonchev–Trinajstić information content (AvgIpc) is 3.03. The molecule has 0 saturated carbocycles. The van der Waals surface area contributed by atoms with Gasteiger partial charge in [0.15, 0.2) is 0 Å². The minimum atomic E-state index is -0.0768. The molecule has 21 heavy (non-hydrogen) atoms. The summed E-state index contributed by atoms with van der Waals surface area (Å²) in [7, 11) is 0. The van der Waals surface area contributed by atoms with E-state index in [1.165, 1.54) is 0 Å². The van der Waals surface area contributed by atoms with E-state index in [1.54, 1.807) is 11.3 Å². The average molecular weight is 318 g/mol. The van der Waals surface area contributed by atoms with Gasteiger partial charge in [0, 0.05) is 0 Å². The molecule has 0 aliphatic carbocycles. The lowest BCUT2D eigenvalue weighted by Gasteiger charge is -2.11. The number of para-hydroxylation sites is 1. The van der Waals surface area contributed by atoms with Crippen LogP contribution < -0.4 is 10.5 Å². The van der Waals surface area contributed by atoms with Gasteiger partial charge in [-0.25, -0.2) is 0 Å². The highest BCUT2D eigenvalue weighted by molar-refractivity contribution is 7.08. The monoisotopic (exact) mass is 317 g/mol. The maximum atomic E-state index is 6.23. The minimum Gasteiger partial charge on any atom is -0.457 e. The lowest BCUT2D eigenvalue weighted by molar-refractivity contribution is 0.482. The van der Waals surface area contributed by atoms with Crippen LogP contribution in [0.25, 0.3) is 0 Å². The quantitative estimate of drug-likeness (QED) is 0.734. The summed E-state index contributed by atoms with van der Waals surface area (Å²) >= 11 is 1.66. The Balaban J connectivity index is 0.00000161. The second-order valence-electron chi connectivity index (χ2n) is 4.52. The number of benzene rings is 2. The Morgan fingerprint density at radius 1 is 0.810 bits per heavy atom. The molecule has 1 atom stereocenters. The molecule has 0 fully saturated rings. The van der Waals surface area contributed by atoms with E-state index in [2.05, 4.69) is 11.4 Å². The number of rotatable bonds is 4. The molecule has 0 amide bonds. The molecule has 0 aliphatic heterocycles. The van der Waals surface area contributed by atoms with Crippen LogP contribution in [-0.4, -0.2) is 0 Å². The Bertz CT molecular complexity index is 653. The zero-order valence-electron chi connectivity index (χ0n) is 11.3. The molecule has 3 rings (SSSR count). The van der Waals surface area contributed by atoms with Crippen molar-refractivity contribution >= 4 is 23.7 Å². The fraction of sp³-hybridized carbons (Fsp3) is 0.0588. The second kappa shape index (κ2) is 7.27. The molecule has 108 valence electrons. The Hall–Kier alpha value is -1.81. The van der Waals surface area contributed by atoms with Crippen LogP contribution in [0.2, 0.25) is 0 Å². The molecule has 2 N–H and O–H groups in total. The first-order chi connectivity index (χ1) is 9.83. The van der Waals surface area contributed by atoms with Crippen molar-refractivity contribution in [2.75, 3.05) is 0 Å². The predicted octanol–water partition coefficient (Wildman–Crippen LogP) is 5.01. The van der Waals surface area contributed by atoms with Gasteiger partial charge in [0.05, 0.1) is 6.04 Å². The van der Waals surface area contributed by atoms with E-state index in [0.29, 0.717) is 0 Å². The summed E-state index contributed by atoms with van der Waals surface area (Å²) in [6, 6.07) is 19.7. The highest BCUT2D eigenvalue weighted by Crippen LogP contribution is 2.26. The van der Waals surface area contributed by atoms with E-state index in [-0.39, 0.29) is 18.4 Å². The number of ether oxygens (including phenoxy) is 1. The Kier molecular flexibility index (Phi) is 5.39. The summed E-state index contributed by atoms with van der Waals surface area (Å²) in [5.41, 5.74) is 8.46. The molecular formula is C17H16ClNOS. The molecule has 2 aromatic carbocycles. The highest BCUT2D eigenvalue weighted by atomic mass is 35.5. The Morgan fingerprint density at radius 2 is 1.48 bits per heavy atom. The fourth-order valence-electron chi connectivity index (χ4n) is 2.01. The number of halogens is 1. The van der Waals surface area contributed by atoms with Crippen LogP contribution in [0.1, 0.15) is 17.2 Å². The third-order valence-corrected chi connectivity index (χ3v) is 3.82. The molecule has 0 radical (unpaired) electrons. The molecule has 0 bridgehead atoms. The fourth-order valence-corrected chi connectivity index (χ4v) is 2.71. The van der Waals surface area contributed by atoms with Crippen molar-refractivity contribution in [2.24, 2.45) is 5.73 Å². The van der Waals surface area contributed by atoms with Crippen molar-refractivity contribution in [2.45, 2.75) is 6.04 Å². The van der Waals surface area contributed by atoms with Crippen LogP contribution in [0.5, 0.6) is 11.5 Å². The minimum absolute atomic E-state index is 0. The van der Waals surface area contributed by atoms with Gasteiger partial charge in [-0.05, 0) is 52.2 Å². The van der Waals surface area contributed by atoms with Crippen molar-refractivity contribution < 1.29 is 4.74 Å². The molecular weight excluding hydrogens is 302 g/mol. The number of hydrogen-bond acceptors (Lipinski definition) is 3. The van der Waals surface area contributed by atoms with Crippen LogP contribution in [0.3, 0.4) is 0 Å². The summed E-state index contributed by atoms with van der Waals surface area (Å²) in [5.74, 6) is 1.65. The lowest BCUT2D eigenvalue weighted by atomic mass is 10.0. The number of thiophene rings is 1. The van der Waals surface area contributed by atoms with E-state index in [1.807, 2.05) is 60.0 Å². The van der Waals surface area contributed by atoms with Crippen LogP contribution in [0.4, 0.5) is 0 Å². The normalized spacial score (nSPS) is 11.5. The molecule has 1 aromatic heterocycles. The van der Waals surface area contributed by atoms with Gasteiger partial charge in [0.2, 0.25) is 0 Å². The smallest absolute Gasteiger partial charge is 0.127 e. The van der Waals surface area contributed by atoms with E-state index < -0.39 is 0 Å². The zero-order valence-corrected chi connectivity index (χ0v) is 12.9. The largest absolute Gasteiger partial charge is 0.457 e. The van der Waals surface area contributed by atoms with Crippen molar-refractivity contribution in [3.63, 3.8) is 0 Å². The molecule has 1 heterocycles.